The number of piperidine rings is 1. The lowest BCUT2D eigenvalue weighted by Crippen LogP contribution is -2.52. The number of nitrogens with zero attached hydrogens (tertiary/aromatic N) is 1. The van der Waals surface area contributed by atoms with Crippen LogP contribution < -0.4 is 10.6 Å². The summed E-state index contributed by atoms with van der Waals surface area (Å²) in [5, 5.41) is 6.49. The summed E-state index contributed by atoms with van der Waals surface area (Å²) in [6.45, 7) is 8.32. The molecule has 19 heavy (non-hydrogen) atoms. The van der Waals surface area contributed by atoms with Gasteiger partial charge in [-0.25, -0.2) is 0 Å². The Labute approximate surface area is 118 Å². The molecule has 1 heterocycles. The van der Waals surface area contributed by atoms with Gasteiger partial charge in [0, 0.05) is 18.6 Å². The second-order valence-electron chi connectivity index (χ2n) is 5.94. The van der Waals surface area contributed by atoms with Crippen molar-refractivity contribution < 1.29 is 4.79 Å². The topological polar surface area (TPSA) is 44.4 Å². The molecule has 2 N–H and O–H groups in total. The van der Waals surface area contributed by atoms with E-state index in [0.717, 1.165) is 32.4 Å². The van der Waals surface area contributed by atoms with Crippen molar-refractivity contribution in [1.82, 2.24) is 15.5 Å². The predicted molar refractivity (Wildman–Crippen MR) is 80.2 cm³/mol. The normalized spacial score (nSPS) is 26.1. The highest BCUT2D eigenvalue weighted by molar-refractivity contribution is 5.81. The molecule has 0 radical (unpaired) electrons. The van der Waals surface area contributed by atoms with E-state index in [1.807, 2.05) is 6.92 Å². The van der Waals surface area contributed by atoms with Gasteiger partial charge in [-0.1, -0.05) is 19.8 Å². The Bertz CT molecular complexity index is 270. The Morgan fingerprint density at radius 3 is 2.79 bits per heavy atom. The summed E-state index contributed by atoms with van der Waals surface area (Å²) in [7, 11) is 2.17. The number of amides is 1. The minimum Gasteiger partial charge on any atom is -0.355 e. The van der Waals surface area contributed by atoms with Gasteiger partial charge in [0.25, 0.3) is 0 Å². The maximum Gasteiger partial charge on any atom is 0.236 e. The lowest BCUT2D eigenvalue weighted by Gasteiger charge is -2.36. The first-order valence-electron chi connectivity index (χ1n) is 7.78. The third kappa shape index (κ3) is 5.91. The van der Waals surface area contributed by atoms with E-state index in [-0.39, 0.29) is 11.9 Å². The van der Waals surface area contributed by atoms with E-state index >= 15 is 0 Å². The Morgan fingerprint density at radius 2 is 2.16 bits per heavy atom. The minimum atomic E-state index is -0.0813. The molecule has 0 aromatic carbocycles. The van der Waals surface area contributed by atoms with Gasteiger partial charge in [-0.3, -0.25) is 4.79 Å². The molecule has 1 aliphatic rings. The summed E-state index contributed by atoms with van der Waals surface area (Å²) in [5.74, 6) is 0.141. The lowest BCUT2D eigenvalue weighted by atomic mass is 9.98. The van der Waals surface area contributed by atoms with Crippen molar-refractivity contribution in [3.8, 4) is 0 Å². The number of rotatable bonds is 7. The number of nitrogens with one attached hydrogen (secondary N) is 2. The number of hydrogen-bond acceptors (Lipinski definition) is 3. The van der Waals surface area contributed by atoms with Crippen LogP contribution >= 0.6 is 0 Å². The number of hydrogen-bond donors (Lipinski definition) is 2. The summed E-state index contributed by atoms with van der Waals surface area (Å²) >= 11 is 0. The quantitative estimate of drug-likeness (QED) is 0.692. The maximum absolute atomic E-state index is 11.9. The van der Waals surface area contributed by atoms with Gasteiger partial charge in [0.05, 0.1) is 6.04 Å². The second-order valence-corrected chi connectivity index (χ2v) is 5.94. The molecule has 0 bridgehead atoms. The van der Waals surface area contributed by atoms with Crippen molar-refractivity contribution in [2.24, 2.45) is 0 Å². The van der Waals surface area contributed by atoms with Gasteiger partial charge in [0.1, 0.15) is 0 Å². The smallest absolute Gasteiger partial charge is 0.236 e. The SMILES string of the molecule is CCCCCNC(=O)C(C)NC1CCN(C)C(C)C1. The zero-order valence-corrected chi connectivity index (χ0v) is 13.0. The first-order valence-corrected chi connectivity index (χ1v) is 7.78. The molecular formula is C15H31N3O. The van der Waals surface area contributed by atoms with Gasteiger partial charge in [-0.05, 0) is 46.7 Å². The van der Waals surface area contributed by atoms with E-state index in [1.165, 1.54) is 12.8 Å². The van der Waals surface area contributed by atoms with E-state index in [9.17, 15) is 4.79 Å². The van der Waals surface area contributed by atoms with Crippen molar-refractivity contribution in [1.29, 1.82) is 0 Å². The Balaban J connectivity index is 2.22. The van der Waals surface area contributed by atoms with Gasteiger partial charge < -0.3 is 15.5 Å². The molecular weight excluding hydrogens is 238 g/mol. The highest BCUT2D eigenvalue weighted by atomic mass is 16.2. The first-order chi connectivity index (χ1) is 9.04. The third-order valence-corrected chi connectivity index (χ3v) is 4.17. The molecule has 3 atom stereocenters. The fourth-order valence-electron chi connectivity index (χ4n) is 2.61. The summed E-state index contributed by atoms with van der Waals surface area (Å²) in [5.41, 5.74) is 0. The van der Waals surface area contributed by atoms with Gasteiger partial charge in [0.2, 0.25) is 5.91 Å². The molecule has 0 spiro atoms. The lowest BCUT2D eigenvalue weighted by molar-refractivity contribution is -0.123. The van der Waals surface area contributed by atoms with Crippen LogP contribution in [0.25, 0.3) is 0 Å². The second kappa shape index (κ2) is 8.54. The standard InChI is InChI=1S/C15H31N3O/c1-5-6-7-9-16-15(19)13(3)17-14-8-10-18(4)12(2)11-14/h12-14,17H,5-11H2,1-4H3,(H,16,19). The molecule has 0 aromatic heterocycles. The highest BCUT2D eigenvalue weighted by Gasteiger charge is 2.25. The van der Waals surface area contributed by atoms with Crippen LogP contribution in [-0.2, 0) is 4.79 Å². The summed E-state index contributed by atoms with van der Waals surface area (Å²) in [4.78, 5) is 14.3. The zero-order valence-electron chi connectivity index (χ0n) is 13.0. The van der Waals surface area contributed by atoms with Gasteiger partial charge in [0.15, 0.2) is 0 Å². The van der Waals surface area contributed by atoms with Crippen molar-refractivity contribution >= 4 is 5.91 Å². The summed E-state index contributed by atoms with van der Waals surface area (Å²) in [6, 6.07) is 0.996. The van der Waals surface area contributed by atoms with Crippen molar-refractivity contribution in [3.05, 3.63) is 0 Å². The largest absolute Gasteiger partial charge is 0.355 e. The van der Waals surface area contributed by atoms with Crippen LogP contribution in [0, 0.1) is 0 Å². The van der Waals surface area contributed by atoms with E-state index in [1.54, 1.807) is 0 Å². The molecule has 1 fully saturated rings. The van der Waals surface area contributed by atoms with Crippen molar-refractivity contribution in [2.75, 3.05) is 20.1 Å². The predicted octanol–water partition coefficient (Wildman–Crippen LogP) is 1.75. The average molecular weight is 269 g/mol. The fourth-order valence-corrected chi connectivity index (χ4v) is 2.61. The van der Waals surface area contributed by atoms with E-state index in [4.69, 9.17) is 0 Å². The third-order valence-electron chi connectivity index (χ3n) is 4.17. The number of unbranched alkanes of at least 4 members (excludes halogenated alkanes) is 2. The molecule has 1 saturated heterocycles. The zero-order chi connectivity index (χ0) is 14.3. The van der Waals surface area contributed by atoms with Crippen LogP contribution in [0.1, 0.15) is 52.9 Å². The Kier molecular flexibility index (Phi) is 7.39. The van der Waals surface area contributed by atoms with Crippen LogP contribution in [0.3, 0.4) is 0 Å². The monoisotopic (exact) mass is 269 g/mol. The Morgan fingerprint density at radius 1 is 1.42 bits per heavy atom. The van der Waals surface area contributed by atoms with E-state index in [0.29, 0.717) is 12.1 Å². The van der Waals surface area contributed by atoms with Crippen LogP contribution in [0.15, 0.2) is 0 Å². The molecule has 0 aliphatic carbocycles. The molecule has 1 amide bonds. The van der Waals surface area contributed by atoms with Crippen molar-refractivity contribution in [2.45, 2.75) is 71.0 Å². The molecule has 1 aliphatic heterocycles. The van der Waals surface area contributed by atoms with E-state index in [2.05, 4.69) is 36.4 Å². The number of carbonyl (C=O) groups excluding carboxylic acids is 1. The molecule has 4 heteroatoms. The first kappa shape index (κ1) is 16.4. The van der Waals surface area contributed by atoms with Crippen LogP contribution in [0.4, 0.5) is 0 Å². The minimum absolute atomic E-state index is 0.0813. The van der Waals surface area contributed by atoms with Crippen LogP contribution in [0.5, 0.6) is 0 Å². The van der Waals surface area contributed by atoms with Gasteiger partial charge in [-0.2, -0.15) is 0 Å². The summed E-state index contributed by atoms with van der Waals surface area (Å²) < 4.78 is 0. The fraction of sp³-hybridized carbons (Fsp3) is 0.933. The van der Waals surface area contributed by atoms with Crippen LogP contribution in [-0.4, -0.2) is 49.1 Å². The van der Waals surface area contributed by atoms with Crippen molar-refractivity contribution in [3.63, 3.8) is 0 Å². The maximum atomic E-state index is 11.9. The Hall–Kier alpha value is -0.610. The highest BCUT2D eigenvalue weighted by Crippen LogP contribution is 2.15. The average Bonchev–Trinajstić information content (AvgIpc) is 2.38. The van der Waals surface area contributed by atoms with Crippen LogP contribution in [0.2, 0.25) is 0 Å². The van der Waals surface area contributed by atoms with Gasteiger partial charge >= 0.3 is 0 Å². The molecule has 112 valence electrons. The van der Waals surface area contributed by atoms with Gasteiger partial charge in [-0.15, -0.1) is 0 Å². The summed E-state index contributed by atoms with van der Waals surface area (Å²) in [6.07, 6.45) is 5.73. The molecule has 4 nitrogen and oxygen atoms in total. The molecule has 3 unspecified atom stereocenters. The number of likely N-dealkylation sites (tertiary alicyclic amines) is 1. The molecule has 0 saturated carbocycles. The molecule has 1 rings (SSSR count). The number of carbonyl (C=O) groups is 1. The van der Waals surface area contributed by atoms with E-state index < -0.39 is 0 Å². The molecule has 0 aromatic rings.